The van der Waals surface area contributed by atoms with E-state index in [1.165, 1.54) is 0 Å². The highest BCUT2D eigenvalue weighted by Crippen LogP contribution is 2.29. The number of aromatic nitrogens is 3. The van der Waals surface area contributed by atoms with E-state index in [9.17, 15) is 0 Å². The summed E-state index contributed by atoms with van der Waals surface area (Å²) in [5.41, 5.74) is 1.86. The van der Waals surface area contributed by atoms with Gasteiger partial charge < -0.3 is 9.47 Å². The van der Waals surface area contributed by atoms with Crippen LogP contribution < -0.4 is 9.47 Å². The summed E-state index contributed by atoms with van der Waals surface area (Å²) < 4.78 is 13.9. The first-order chi connectivity index (χ1) is 14.6. The number of rotatable bonds is 10. The van der Waals surface area contributed by atoms with Crippen LogP contribution in [0.2, 0.25) is 5.02 Å². The van der Waals surface area contributed by atoms with E-state index in [1.807, 2.05) is 49.4 Å². The van der Waals surface area contributed by atoms with Crippen LogP contribution in [0.3, 0.4) is 0 Å². The number of H-pyrrole nitrogens is 1. The number of unbranched alkanes of at least 4 members (excludes halogenated alkanes) is 1. The van der Waals surface area contributed by atoms with Gasteiger partial charge in [0.05, 0.1) is 12.8 Å². The molecule has 3 rings (SSSR count). The lowest BCUT2D eigenvalue weighted by atomic mass is 10.2. The molecule has 1 heterocycles. The first-order valence-corrected chi connectivity index (χ1v) is 10.7. The Morgan fingerprint density at radius 3 is 2.80 bits per heavy atom. The molecule has 0 atom stereocenters. The van der Waals surface area contributed by atoms with Crippen molar-refractivity contribution in [3.8, 4) is 11.5 Å². The van der Waals surface area contributed by atoms with Gasteiger partial charge in [-0.1, -0.05) is 37.1 Å². The summed E-state index contributed by atoms with van der Waals surface area (Å²) in [5.74, 6) is 2.15. The fourth-order valence-electron chi connectivity index (χ4n) is 2.84. The van der Waals surface area contributed by atoms with Gasteiger partial charge in [0.2, 0.25) is 4.77 Å². The van der Waals surface area contributed by atoms with Crippen molar-refractivity contribution in [1.82, 2.24) is 14.9 Å². The molecule has 8 heteroatoms. The third kappa shape index (κ3) is 5.93. The van der Waals surface area contributed by atoms with Crippen molar-refractivity contribution in [2.45, 2.75) is 39.7 Å². The molecule has 0 aliphatic heterocycles. The van der Waals surface area contributed by atoms with Crippen LogP contribution in [0, 0.1) is 4.77 Å². The van der Waals surface area contributed by atoms with Crippen molar-refractivity contribution in [2.75, 3.05) is 6.61 Å². The van der Waals surface area contributed by atoms with Crippen molar-refractivity contribution in [2.24, 2.45) is 5.10 Å². The van der Waals surface area contributed by atoms with Crippen molar-refractivity contribution < 1.29 is 9.47 Å². The van der Waals surface area contributed by atoms with Crippen molar-refractivity contribution in [3.05, 3.63) is 69.2 Å². The van der Waals surface area contributed by atoms with Crippen molar-refractivity contribution in [3.63, 3.8) is 0 Å². The first kappa shape index (κ1) is 22.1. The van der Waals surface area contributed by atoms with Gasteiger partial charge in [-0.05, 0) is 67.0 Å². The lowest BCUT2D eigenvalue weighted by Crippen LogP contribution is -2.01. The standard InChI is InChI=1S/C22H25ClN4O2S/c1-3-5-9-21-25-26-22(30)27(21)24-14-16-10-11-19(20(13-16)28-4-2)29-15-17-7-6-8-18(23)12-17/h6-8,10-14H,3-5,9,15H2,1-2H3,(H,26,30)/b24-14+. The minimum absolute atomic E-state index is 0.402. The molecule has 2 aromatic carbocycles. The van der Waals surface area contributed by atoms with Crippen LogP contribution in [0.15, 0.2) is 47.6 Å². The maximum absolute atomic E-state index is 6.04. The predicted octanol–water partition coefficient (Wildman–Crippen LogP) is 5.80. The number of nitrogens with zero attached hydrogens (tertiary/aromatic N) is 3. The highest BCUT2D eigenvalue weighted by atomic mass is 35.5. The van der Waals surface area contributed by atoms with E-state index in [1.54, 1.807) is 10.9 Å². The summed E-state index contributed by atoms with van der Waals surface area (Å²) in [4.78, 5) is 0. The Morgan fingerprint density at radius 1 is 1.17 bits per heavy atom. The molecular weight excluding hydrogens is 420 g/mol. The summed E-state index contributed by atoms with van der Waals surface area (Å²) >= 11 is 11.3. The monoisotopic (exact) mass is 444 g/mol. The highest BCUT2D eigenvalue weighted by molar-refractivity contribution is 7.71. The second kappa shape index (κ2) is 10.9. The van der Waals surface area contributed by atoms with Gasteiger partial charge in [-0.2, -0.15) is 14.9 Å². The fourth-order valence-corrected chi connectivity index (χ4v) is 3.26. The average Bonchev–Trinajstić information content (AvgIpc) is 3.09. The molecule has 0 fully saturated rings. The van der Waals surface area contributed by atoms with Crippen LogP contribution in [0.4, 0.5) is 0 Å². The molecule has 0 spiro atoms. The number of ether oxygens (including phenoxy) is 2. The number of hydrogen-bond acceptors (Lipinski definition) is 5. The molecule has 0 amide bonds. The molecule has 0 radical (unpaired) electrons. The van der Waals surface area contributed by atoms with Gasteiger partial charge in [-0.15, -0.1) is 0 Å². The van der Waals surface area contributed by atoms with E-state index in [-0.39, 0.29) is 0 Å². The van der Waals surface area contributed by atoms with E-state index >= 15 is 0 Å². The second-order valence-corrected chi connectivity index (χ2v) is 7.49. The number of halogens is 1. The van der Waals surface area contributed by atoms with Gasteiger partial charge in [-0.25, -0.2) is 0 Å². The lowest BCUT2D eigenvalue weighted by molar-refractivity contribution is 0.269. The molecule has 0 bridgehead atoms. The Balaban J connectivity index is 1.77. The van der Waals surface area contributed by atoms with E-state index in [0.717, 1.165) is 36.2 Å². The fraction of sp³-hybridized carbons (Fsp3) is 0.318. The number of aromatic amines is 1. The Labute approximate surface area is 186 Å². The van der Waals surface area contributed by atoms with Gasteiger partial charge in [0.1, 0.15) is 6.61 Å². The summed E-state index contributed by atoms with van der Waals surface area (Å²) in [6, 6.07) is 13.3. The Kier molecular flexibility index (Phi) is 8.04. The number of benzene rings is 2. The summed E-state index contributed by atoms with van der Waals surface area (Å²) in [6.45, 7) is 5.01. The lowest BCUT2D eigenvalue weighted by Gasteiger charge is -2.13. The van der Waals surface area contributed by atoms with E-state index in [4.69, 9.17) is 33.3 Å². The van der Waals surface area contributed by atoms with Crippen LogP contribution in [0.25, 0.3) is 0 Å². The Morgan fingerprint density at radius 2 is 2.03 bits per heavy atom. The molecule has 0 aliphatic carbocycles. The maximum atomic E-state index is 6.04. The maximum Gasteiger partial charge on any atom is 0.216 e. The molecule has 1 aromatic heterocycles. The minimum atomic E-state index is 0.402. The summed E-state index contributed by atoms with van der Waals surface area (Å²) in [7, 11) is 0. The average molecular weight is 445 g/mol. The molecule has 3 aromatic rings. The van der Waals surface area contributed by atoms with Crippen LogP contribution in [0.5, 0.6) is 11.5 Å². The zero-order valence-corrected chi connectivity index (χ0v) is 18.7. The zero-order valence-electron chi connectivity index (χ0n) is 17.1. The highest BCUT2D eigenvalue weighted by Gasteiger charge is 2.08. The van der Waals surface area contributed by atoms with E-state index in [0.29, 0.717) is 34.5 Å². The van der Waals surface area contributed by atoms with Gasteiger partial charge in [0.15, 0.2) is 17.3 Å². The predicted molar refractivity (Wildman–Crippen MR) is 122 cm³/mol. The molecular formula is C22H25ClN4O2S. The van der Waals surface area contributed by atoms with Crippen LogP contribution in [0.1, 0.15) is 43.6 Å². The zero-order chi connectivity index (χ0) is 21.3. The third-order valence-electron chi connectivity index (χ3n) is 4.34. The second-order valence-electron chi connectivity index (χ2n) is 6.66. The molecule has 0 aliphatic rings. The molecule has 0 saturated carbocycles. The van der Waals surface area contributed by atoms with Gasteiger partial charge in [-0.3, -0.25) is 5.10 Å². The molecule has 0 saturated heterocycles. The SMILES string of the molecule is CCCCc1n[nH]c(=S)n1/N=C/c1ccc(OCc2cccc(Cl)c2)c(OCC)c1. The van der Waals surface area contributed by atoms with E-state index in [2.05, 4.69) is 22.2 Å². The quantitative estimate of drug-likeness (QED) is 0.317. The smallest absolute Gasteiger partial charge is 0.216 e. The van der Waals surface area contributed by atoms with Crippen LogP contribution in [-0.4, -0.2) is 27.7 Å². The number of nitrogens with one attached hydrogen (secondary N) is 1. The summed E-state index contributed by atoms with van der Waals surface area (Å²) in [6.07, 6.45) is 4.67. The third-order valence-corrected chi connectivity index (χ3v) is 4.84. The normalized spacial score (nSPS) is 11.2. The van der Waals surface area contributed by atoms with Gasteiger partial charge >= 0.3 is 0 Å². The molecule has 6 nitrogen and oxygen atoms in total. The molecule has 1 N–H and O–H groups in total. The molecule has 0 unspecified atom stereocenters. The molecule has 30 heavy (non-hydrogen) atoms. The minimum Gasteiger partial charge on any atom is -0.490 e. The number of hydrogen-bond donors (Lipinski definition) is 1. The first-order valence-electron chi connectivity index (χ1n) is 9.95. The van der Waals surface area contributed by atoms with Crippen molar-refractivity contribution in [1.29, 1.82) is 0 Å². The van der Waals surface area contributed by atoms with Crippen LogP contribution >= 0.6 is 23.8 Å². The Bertz CT molecular complexity index is 1060. The summed E-state index contributed by atoms with van der Waals surface area (Å²) in [5, 5.41) is 12.3. The molecule has 158 valence electrons. The van der Waals surface area contributed by atoms with E-state index < -0.39 is 0 Å². The largest absolute Gasteiger partial charge is 0.490 e. The van der Waals surface area contributed by atoms with Gasteiger partial charge in [0.25, 0.3) is 0 Å². The topological polar surface area (TPSA) is 64.4 Å². The number of aryl methyl sites for hydroxylation is 1. The Hall–Kier alpha value is -2.64. The van der Waals surface area contributed by atoms with Crippen molar-refractivity contribution >= 4 is 30.0 Å². The van der Waals surface area contributed by atoms with Crippen LogP contribution in [-0.2, 0) is 13.0 Å². The van der Waals surface area contributed by atoms with Gasteiger partial charge in [0, 0.05) is 11.4 Å².